The van der Waals surface area contributed by atoms with Crippen LogP contribution in [-0.4, -0.2) is 21.7 Å². The lowest BCUT2D eigenvalue weighted by molar-refractivity contribution is 0.598. The Bertz CT molecular complexity index is 501. The van der Waals surface area contributed by atoms with Crippen LogP contribution in [0.1, 0.15) is 25.5 Å². The van der Waals surface area contributed by atoms with Gasteiger partial charge in [-0.15, -0.1) is 0 Å². The third-order valence-electron chi connectivity index (χ3n) is 2.56. The van der Waals surface area contributed by atoms with Crippen molar-refractivity contribution >= 4 is 23.4 Å². The molecule has 0 radical (unpaired) electrons. The molecule has 0 aliphatic carbocycles. The van der Waals surface area contributed by atoms with Gasteiger partial charge >= 0.3 is 0 Å². The Morgan fingerprint density at radius 2 is 2.33 bits per heavy atom. The number of hydrogen-bond acceptors (Lipinski definition) is 4. The zero-order valence-electron chi connectivity index (χ0n) is 10.3. The monoisotopic (exact) mass is 282 g/mol. The molecule has 2 rings (SSSR count). The van der Waals surface area contributed by atoms with E-state index in [9.17, 15) is 0 Å². The van der Waals surface area contributed by atoms with E-state index in [4.69, 9.17) is 11.6 Å². The lowest BCUT2D eigenvalue weighted by Gasteiger charge is -2.14. The Hall–Kier alpha value is -1.04. The van der Waals surface area contributed by atoms with Gasteiger partial charge in [0.2, 0.25) is 0 Å². The first-order valence-corrected chi connectivity index (χ1v) is 6.96. The van der Waals surface area contributed by atoms with E-state index in [1.54, 1.807) is 0 Å². The molecule has 96 valence electrons. The largest absolute Gasteiger partial charge is 0.310 e. The minimum absolute atomic E-state index is 0.256. The van der Waals surface area contributed by atoms with Gasteiger partial charge in [-0.1, -0.05) is 36.4 Å². The molecule has 1 heterocycles. The predicted molar refractivity (Wildman–Crippen MR) is 74.0 cm³/mol. The Labute approximate surface area is 116 Å². The molecule has 0 fully saturated rings. The fourth-order valence-corrected chi connectivity index (χ4v) is 2.84. The maximum absolute atomic E-state index is 6.30. The van der Waals surface area contributed by atoms with Gasteiger partial charge in [-0.2, -0.15) is 5.10 Å². The molecule has 18 heavy (non-hydrogen) atoms. The van der Waals surface area contributed by atoms with E-state index < -0.39 is 0 Å². The van der Waals surface area contributed by atoms with Crippen LogP contribution < -0.4 is 5.32 Å². The van der Waals surface area contributed by atoms with Gasteiger partial charge in [0.05, 0.1) is 0 Å². The topological polar surface area (TPSA) is 53.6 Å². The van der Waals surface area contributed by atoms with Crippen molar-refractivity contribution in [3.8, 4) is 0 Å². The predicted octanol–water partition coefficient (Wildman–Crippen LogP) is 3.28. The summed E-state index contributed by atoms with van der Waals surface area (Å²) in [5, 5.41) is 11.5. The number of aromatic amines is 1. The van der Waals surface area contributed by atoms with Crippen LogP contribution in [0.15, 0.2) is 34.6 Å². The van der Waals surface area contributed by atoms with Crippen LogP contribution in [0, 0.1) is 0 Å². The lowest BCUT2D eigenvalue weighted by atomic mass is 10.1. The summed E-state index contributed by atoms with van der Waals surface area (Å²) in [5.74, 6) is 0. The van der Waals surface area contributed by atoms with Crippen LogP contribution in [0.5, 0.6) is 0 Å². The summed E-state index contributed by atoms with van der Waals surface area (Å²) in [5.41, 5.74) is 1.11. The normalized spacial score (nSPS) is 12.6. The first-order valence-electron chi connectivity index (χ1n) is 5.76. The summed E-state index contributed by atoms with van der Waals surface area (Å²) in [6.45, 7) is 5.11. The van der Waals surface area contributed by atoms with Gasteiger partial charge in [0.25, 0.3) is 0 Å². The molecule has 0 saturated carbocycles. The van der Waals surface area contributed by atoms with Gasteiger partial charge in [0, 0.05) is 16.0 Å². The van der Waals surface area contributed by atoms with Crippen molar-refractivity contribution in [2.75, 3.05) is 6.54 Å². The highest BCUT2D eigenvalue weighted by Gasteiger charge is 2.10. The molecule has 1 unspecified atom stereocenters. The van der Waals surface area contributed by atoms with Crippen LogP contribution in [-0.2, 0) is 0 Å². The van der Waals surface area contributed by atoms with E-state index in [-0.39, 0.29) is 6.04 Å². The van der Waals surface area contributed by atoms with Crippen molar-refractivity contribution < 1.29 is 0 Å². The number of benzene rings is 1. The van der Waals surface area contributed by atoms with Crippen LogP contribution in [0.4, 0.5) is 0 Å². The van der Waals surface area contributed by atoms with E-state index in [0.29, 0.717) is 0 Å². The molecule has 1 atom stereocenters. The number of H-pyrrole nitrogens is 1. The number of nitrogens with zero attached hydrogens (tertiary/aromatic N) is 2. The van der Waals surface area contributed by atoms with Crippen molar-refractivity contribution in [1.82, 2.24) is 20.5 Å². The number of rotatable bonds is 5. The third kappa shape index (κ3) is 3.25. The molecule has 1 aromatic heterocycles. The SMILES string of the molecule is CCNC(C)c1ccc(Sc2ncn[nH]2)cc1Cl. The second-order valence-corrected chi connectivity index (χ2v) is 5.32. The van der Waals surface area contributed by atoms with Crippen LogP contribution in [0.25, 0.3) is 0 Å². The van der Waals surface area contributed by atoms with Crippen LogP contribution >= 0.6 is 23.4 Å². The van der Waals surface area contributed by atoms with E-state index >= 15 is 0 Å². The van der Waals surface area contributed by atoms with E-state index in [2.05, 4.69) is 34.3 Å². The zero-order valence-corrected chi connectivity index (χ0v) is 11.8. The maximum Gasteiger partial charge on any atom is 0.188 e. The van der Waals surface area contributed by atoms with Gasteiger partial charge in [0.15, 0.2) is 5.16 Å². The highest BCUT2D eigenvalue weighted by Crippen LogP contribution is 2.30. The molecule has 1 aromatic carbocycles. The quantitative estimate of drug-likeness (QED) is 0.884. The average molecular weight is 283 g/mol. The first-order chi connectivity index (χ1) is 8.70. The number of aromatic nitrogens is 3. The van der Waals surface area contributed by atoms with Gasteiger partial charge in [0.1, 0.15) is 6.33 Å². The van der Waals surface area contributed by atoms with Crippen molar-refractivity contribution in [2.45, 2.75) is 29.9 Å². The molecule has 0 bridgehead atoms. The molecule has 4 nitrogen and oxygen atoms in total. The lowest BCUT2D eigenvalue weighted by Crippen LogP contribution is -2.17. The Morgan fingerprint density at radius 3 is 2.94 bits per heavy atom. The maximum atomic E-state index is 6.30. The second-order valence-electron chi connectivity index (χ2n) is 3.86. The van der Waals surface area contributed by atoms with Crippen molar-refractivity contribution in [3.05, 3.63) is 35.1 Å². The average Bonchev–Trinajstić information content (AvgIpc) is 2.82. The third-order valence-corrected chi connectivity index (χ3v) is 3.76. The van der Waals surface area contributed by atoms with Crippen molar-refractivity contribution in [3.63, 3.8) is 0 Å². The summed E-state index contributed by atoms with van der Waals surface area (Å²) in [6, 6.07) is 6.31. The van der Waals surface area contributed by atoms with E-state index in [1.165, 1.54) is 18.1 Å². The number of hydrogen-bond donors (Lipinski definition) is 2. The summed E-state index contributed by atoms with van der Waals surface area (Å²) < 4.78 is 0. The molecular weight excluding hydrogens is 268 g/mol. The molecule has 0 spiro atoms. The van der Waals surface area contributed by atoms with E-state index in [1.807, 2.05) is 18.2 Å². The standard InChI is InChI=1S/C12H15ClN4S/c1-3-14-8(2)10-5-4-9(6-11(10)13)18-12-15-7-16-17-12/h4-8,14H,3H2,1-2H3,(H,15,16,17). The van der Waals surface area contributed by atoms with Gasteiger partial charge in [-0.05, 0) is 31.2 Å². The molecular formula is C12H15ClN4S. The highest BCUT2D eigenvalue weighted by atomic mass is 35.5. The summed E-state index contributed by atoms with van der Waals surface area (Å²) in [6.07, 6.45) is 1.49. The van der Waals surface area contributed by atoms with E-state index in [0.717, 1.165) is 27.2 Å². The smallest absolute Gasteiger partial charge is 0.188 e. The number of nitrogens with one attached hydrogen (secondary N) is 2. The number of halogens is 1. The summed E-state index contributed by atoms with van der Waals surface area (Å²) in [4.78, 5) is 5.11. The minimum atomic E-state index is 0.256. The minimum Gasteiger partial charge on any atom is -0.310 e. The molecule has 0 amide bonds. The molecule has 0 saturated heterocycles. The summed E-state index contributed by atoms with van der Waals surface area (Å²) >= 11 is 7.81. The van der Waals surface area contributed by atoms with Crippen LogP contribution in [0.2, 0.25) is 5.02 Å². The van der Waals surface area contributed by atoms with Gasteiger partial charge < -0.3 is 5.32 Å². The van der Waals surface area contributed by atoms with Crippen LogP contribution in [0.3, 0.4) is 0 Å². The first kappa shape index (κ1) is 13.4. The Kier molecular flexibility index (Phi) is 4.63. The molecule has 0 aliphatic heterocycles. The van der Waals surface area contributed by atoms with Crippen molar-refractivity contribution in [1.29, 1.82) is 0 Å². The fraction of sp³-hybridized carbons (Fsp3) is 0.333. The van der Waals surface area contributed by atoms with Gasteiger partial charge in [-0.25, -0.2) is 4.98 Å². The highest BCUT2D eigenvalue weighted by molar-refractivity contribution is 7.99. The molecule has 0 aliphatic rings. The zero-order chi connectivity index (χ0) is 13.0. The fourth-order valence-electron chi connectivity index (χ4n) is 1.69. The summed E-state index contributed by atoms with van der Waals surface area (Å²) in [7, 11) is 0. The van der Waals surface area contributed by atoms with Crippen molar-refractivity contribution in [2.24, 2.45) is 0 Å². The Balaban J connectivity index is 2.14. The molecule has 2 aromatic rings. The molecule has 6 heteroatoms. The Morgan fingerprint density at radius 1 is 1.50 bits per heavy atom. The van der Waals surface area contributed by atoms with Gasteiger partial charge in [-0.3, -0.25) is 5.10 Å². The second kappa shape index (κ2) is 6.22. The molecule has 2 N–H and O–H groups in total.